The third-order valence-corrected chi connectivity index (χ3v) is 3.40. The lowest BCUT2D eigenvalue weighted by molar-refractivity contribution is 0.108. The quantitative estimate of drug-likeness (QED) is 0.392. The average molecular weight is 335 g/mol. The highest BCUT2D eigenvalue weighted by atomic mass is 16.5. The Morgan fingerprint density at radius 1 is 1.25 bits per heavy atom. The molecule has 0 unspecified atom stereocenters. The summed E-state index contributed by atoms with van der Waals surface area (Å²) in [6.45, 7) is 10.4. The van der Waals surface area contributed by atoms with E-state index in [0.29, 0.717) is 12.5 Å². The van der Waals surface area contributed by atoms with Crippen LogP contribution >= 0.6 is 0 Å². The van der Waals surface area contributed by atoms with Crippen LogP contribution in [0, 0.1) is 5.92 Å². The number of hydrogen-bond donors (Lipinski definition) is 2. The number of ether oxygens (including phenoxy) is 1. The van der Waals surface area contributed by atoms with Gasteiger partial charge in [-0.1, -0.05) is 26.0 Å². The lowest BCUT2D eigenvalue weighted by Crippen LogP contribution is -2.38. The van der Waals surface area contributed by atoms with Crippen molar-refractivity contribution in [3.63, 3.8) is 0 Å². The van der Waals surface area contributed by atoms with E-state index in [0.717, 1.165) is 38.7 Å². The third-order valence-electron chi connectivity index (χ3n) is 3.40. The molecular weight excluding hydrogens is 300 g/mol. The van der Waals surface area contributed by atoms with E-state index in [1.54, 1.807) is 0 Å². The Labute approximate surface area is 147 Å². The number of hydrogen-bond acceptors (Lipinski definition) is 3. The van der Waals surface area contributed by atoms with Crippen molar-refractivity contribution in [2.24, 2.45) is 10.9 Å². The normalized spacial score (nSPS) is 11.7. The largest absolute Gasteiger partial charge is 0.381 e. The molecule has 24 heavy (non-hydrogen) atoms. The van der Waals surface area contributed by atoms with Crippen LogP contribution in [0.15, 0.2) is 29.3 Å². The zero-order valence-corrected chi connectivity index (χ0v) is 15.9. The summed E-state index contributed by atoms with van der Waals surface area (Å²) in [4.78, 5) is 6.77. The number of nitrogens with zero attached hydrogens (tertiary/aromatic N) is 2. The van der Waals surface area contributed by atoms with Crippen LogP contribution in [0.3, 0.4) is 0 Å². The van der Waals surface area contributed by atoms with E-state index in [4.69, 9.17) is 4.74 Å². The SMILES string of the molecule is CCNC(=NCc1cccc(N(C)C)c1)NCCCOCC(C)C. The minimum Gasteiger partial charge on any atom is -0.381 e. The van der Waals surface area contributed by atoms with Gasteiger partial charge < -0.3 is 20.3 Å². The minimum absolute atomic E-state index is 0.592. The van der Waals surface area contributed by atoms with E-state index in [2.05, 4.69) is 79.7 Å². The number of guanidine groups is 1. The summed E-state index contributed by atoms with van der Waals surface area (Å²) < 4.78 is 5.60. The molecule has 5 nitrogen and oxygen atoms in total. The summed E-state index contributed by atoms with van der Waals surface area (Å²) >= 11 is 0. The fraction of sp³-hybridized carbons (Fsp3) is 0.632. The summed E-state index contributed by atoms with van der Waals surface area (Å²) in [6.07, 6.45) is 0.979. The number of aliphatic imine (C=N–C) groups is 1. The maximum Gasteiger partial charge on any atom is 0.191 e. The maximum absolute atomic E-state index is 5.60. The van der Waals surface area contributed by atoms with E-state index in [-0.39, 0.29) is 0 Å². The lowest BCUT2D eigenvalue weighted by Gasteiger charge is -2.14. The lowest BCUT2D eigenvalue weighted by atomic mass is 10.2. The van der Waals surface area contributed by atoms with Crippen molar-refractivity contribution in [2.75, 3.05) is 45.3 Å². The van der Waals surface area contributed by atoms with Crippen LogP contribution in [0.1, 0.15) is 32.8 Å². The van der Waals surface area contributed by atoms with Crippen molar-refractivity contribution in [2.45, 2.75) is 33.7 Å². The Kier molecular flexibility index (Phi) is 9.92. The summed E-state index contributed by atoms with van der Waals surface area (Å²) in [5.74, 6) is 1.45. The second-order valence-corrected chi connectivity index (χ2v) is 6.51. The molecule has 1 rings (SSSR count). The highest BCUT2D eigenvalue weighted by molar-refractivity contribution is 5.79. The molecule has 0 fully saturated rings. The smallest absolute Gasteiger partial charge is 0.191 e. The van der Waals surface area contributed by atoms with Gasteiger partial charge in [0.05, 0.1) is 6.54 Å². The zero-order valence-electron chi connectivity index (χ0n) is 15.9. The van der Waals surface area contributed by atoms with Crippen LogP contribution in [-0.2, 0) is 11.3 Å². The van der Waals surface area contributed by atoms with Gasteiger partial charge in [-0.25, -0.2) is 4.99 Å². The molecule has 0 atom stereocenters. The van der Waals surface area contributed by atoms with Gasteiger partial charge in [0.2, 0.25) is 0 Å². The average Bonchev–Trinajstić information content (AvgIpc) is 2.55. The van der Waals surface area contributed by atoms with Crippen LogP contribution in [0.25, 0.3) is 0 Å². The molecule has 0 aromatic heterocycles. The van der Waals surface area contributed by atoms with Crippen molar-refractivity contribution < 1.29 is 4.74 Å². The standard InChI is InChI=1S/C19H34N4O/c1-6-20-19(21-11-8-12-24-15-16(2)3)22-14-17-9-7-10-18(13-17)23(4)5/h7,9-10,13,16H,6,8,11-12,14-15H2,1-5H3,(H2,20,21,22). The van der Waals surface area contributed by atoms with Gasteiger partial charge in [0.1, 0.15) is 0 Å². The minimum atomic E-state index is 0.592. The Morgan fingerprint density at radius 3 is 2.71 bits per heavy atom. The summed E-state index contributed by atoms with van der Waals surface area (Å²) in [7, 11) is 4.10. The van der Waals surface area contributed by atoms with Crippen molar-refractivity contribution in [1.29, 1.82) is 0 Å². The van der Waals surface area contributed by atoms with E-state index in [1.807, 2.05) is 0 Å². The number of nitrogens with one attached hydrogen (secondary N) is 2. The first kappa shape index (κ1) is 20.3. The fourth-order valence-electron chi connectivity index (χ4n) is 2.15. The van der Waals surface area contributed by atoms with Gasteiger partial charge in [0, 0.05) is 46.1 Å². The summed E-state index contributed by atoms with van der Waals surface area (Å²) in [6, 6.07) is 8.47. The Balaban J connectivity index is 2.43. The van der Waals surface area contributed by atoms with Crippen LogP contribution in [-0.4, -0.2) is 46.4 Å². The van der Waals surface area contributed by atoms with Crippen molar-refractivity contribution in [1.82, 2.24) is 10.6 Å². The van der Waals surface area contributed by atoms with Gasteiger partial charge in [0.25, 0.3) is 0 Å². The molecule has 0 aliphatic heterocycles. The zero-order chi connectivity index (χ0) is 17.8. The number of rotatable bonds is 10. The van der Waals surface area contributed by atoms with Gasteiger partial charge in [0.15, 0.2) is 5.96 Å². The molecule has 5 heteroatoms. The van der Waals surface area contributed by atoms with Crippen LogP contribution in [0.5, 0.6) is 0 Å². The van der Waals surface area contributed by atoms with Gasteiger partial charge >= 0.3 is 0 Å². The first-order valence-corrected chi connectivity index (χ1v) is 8.89. The first-order chi connectivity index (χ1) is 11.5. The number of benzene rings is 1. The molecule has 0 aliphatic carbocycles. The first-order valence-electron chi connectivity index (χ1n) is 8.89. The summed E-state index contributed by atoms with van der Waals surface area (Å²) in [5, 5.41) is 6.65. The predicted octanol–water partition coefficient (Wildman–Crippen LogP) is 2.87. The second-order valence-electron chi connectivity index (χ2n) is 6.51. The van der Waals surface area contributed by atoms with E-state index < -0.39 is 0 Å². The molecule has 0 aliphatic rings. The molecule has 0 saturated heterocycles. The van der Waals surface area contributed by atoms with Crippen molar-refractivity contribution in [3.05, 3.63) is 29.8 Å². The molecule has 0 spiro atoms. The molecule has 1 aromatic rings. The molecule has 1 aromatic carbocycles. The molecule has 0 bridgehead atoms. The van der Waals surface area contributed by atoms with Gasteiger partial charge in [-0.2, -0.15) is 0 Å². The van der Waals surface area contributed by atoms with Crippen LogP contribution < -0.4 is 15.5 Å². The van der Waals surface area contributed by atoms with E-state index >= 15 is 0 Å². The highest BCUT2D eigenvalue weighted by Crippen LogP contribution is 2.13. The van der Waals surface area contributed by atoms with E-state index in [1.165, 1.54) is 11.3 Å². The molecule has 2 N–H and O–H groups in total. The highest BCUT2D eigenvalue weighted by Gasteiger charge is 2.00. The predicted molar refractivity (Wildman–Crippen MR) is 104 cm³/mol. The molecule has 0 radical (unpaired) electrons. The van der Waals surface area contributed by atoms with Crippen molar-refractivity contribution >= 4 is 11.6 Å². The molecule has 136 valence electrons. The topological polar surface area (TPSA) is 48.9 Å². The second kappa shape index (κ2) is 11.7. The Hall–Kier alpha value is -1.75. The number of anilines is 1. The van der Waals surface area contributed by atoms with Gasteiger partial charge in [-0.3, -0.25) is 0 Å². The molecule has 0 heterocycles. The van der Waals surface area contributed by atoms with Gasteiger partial charge in [-0.05, 0) is 37.0 Å². The Bertz CT molecular complexity index is 486. The molecule has 0 amide bonds. The fourth-order valence-corrected chi connectivity index (χ4v) is 2.15. The molecule has 0 saturated carbocycles. The van der Waals surface area contributed by atoms with E-state index in [9.17, 15) is 0 Å². The van der Waals surface area contributed by atoms with Crippen molar-refractivity contribution in [3.8, 4) is 0 Å². The van der Waals surface area contributed by atoms with Crippen LogP contribution in [0.4, 0.5) is 5.69 Å². The maximum atomic E-state index is 5.60. The Morgan fingerprint density at radius 2 is 2.04 bits per heavy atom. The van der Waals surface area contributed by atoms with Crippen LogP contribution in [0.2, 0.25) is 0 Å². The monoisotopic (exact) mass is 334 g/mol. The molecular formula is C19H34N4O. The van der Waals surface area contributed by atoms with Gasteiger partial charge in [-0.15, -0.1) is 0 Å². The summed E-state index contributed by atoms with van der Waals surface area (Å²) in [5.41, 5.74) is 2.40. The third kappa shape index (κ3) is 8.77.